The summed E-state index contributed by atoms with van der Waals surface area (Å²) in [5.41, 5.74) is 7.33. The Kier molecular flexibility index (Phi) is 13.1. The topological polar surface area (TPSA) is 161 Å². The van der Waals surface area contributed by atoms with Gasteiger partial charge in [-0.05, 0) is 68.0 Å². The number of nitrogens with one attached hydrogen (secondary N) is 3. The molecule has 50 heavy (non-hydrogen) atoms. The third-order valence-corrected chi connectivity index (χ3v) is 9.99. The van der Waals surface area contributed by atoms with E-state index in [-0.39, 0.29) is 36.9 Å². The minimum atomic E-state index is -1.14. The Morgan fingerprint density at radius 1 is 0.980 bits per heavy atom. The molecule has 2 aliphatic heterocycles. The molecule has 1 fully saturated rings. The number of cyclic esters (lactones) is 1. The molecule has 2 aromatic rings. The van der Waals surface area contributed by atoms with Crippen molar-refractivity contribution in [2.75, 3.05) is 7.11 Å². The van der Waals surface area contributed by atoms with Gasteiger partial charge in [0, 0.05) is 31.3 Å². The number of rotatable bonds is 9. The van der Waals surface area contributed by atoms with Crippen molar-refractivity contribution in [3.05, 3.63) is 76.3 Å². The summed E-state index contributed by atoms with van der Waals surface area (Å²) in [7, 11) is 1.51. The van der Waals surface area contributed by atoms with Crippen LogP contribution in [-0.2, 0) is 41.6 Å². The fourth-order valence-corrected chi connectivity index (χ4v) is 6.26. The maximum Gasteiger partial charge on any atom is 0.328 e. The highest BCUT2D eigenvalue weighted by molar-refractivity contribution is 6.32. The molecule has 0 bridgehead atoms. The largest absolute Gasteiger partial charge is 0.495 e. The van der Waals surface area contributed by atoms with Gasteiger partial charge in [-0.2, -0.15) is 0 Å². The molecule has 2 aromatic carbocycles. The maximum atomic E-state index is 13.8. The van der Waals surface area contributed by atoms with Crippen molar-refractivity contribution in [3.8, 4) is 5.75 Å². The van der Waals surface area contributed by atoms with Crippen molar-refractivity contribution in [2.24, 2.45) is 23.0 Å². The molecule has 0 aromatic heterocycles. The summed E-state index contributed by atoms with van der Waals surface area (Å²) in [6.45, 7) is 11.4. The number of amides is 3. The molecule has 2 aliphatic rings. The van der Waals surface area contributed by atoms with Crippen molar-refractivity contribution in [1.29, 1.82) is 0 Å². The van der Waals surface area contributed by atoms with Gasteiger partial charge >= 0.3 is 5.97 Å². The smallest absolute Gasteiger partial charge is 0.328 e. The van der Waals surface area contributed by atoms with E-state index in [1.807, 2.05) is 45.0 Å². The van der Waals surface area contributed by atoms with E-state index in [0.717, 1.165) is 11.1 Å². The van der Waals surface area contributed by atoms with Crippen LogP contribution in [0.5, 0.6) is 5.75 Å². The molecule has 5 N–H and O–H groups in total. The molecule has 11 nitrogen and oxygen atoms in total. The number of ether oxygens (including phenoxy) is 3. The molecule has 7 atom stereocenters. The molecule has 0 radical (unpaired) electrons. The molecular weight excluding hydrogens is 660 g/mol. The van der Waals surface area contributed by atoms with Gasteiger partial charge in [0.1, 0.15) is 30.0 Å². The van der Waals surface area contributed by atoms with Crippen molar-refractivity contribution >= 4 is 35.3 Å². The average Bonchev–Trinajstić information content (AvgIpc) is 3.87. The van der Waals surface area contributed by atoms with E-state index in [9.17, 15) is 19.2 Å². The van der Waals surface area contributed by atoms with Gasteiger partial charge in [0.15, 0.2) is 0 Å². The average molecular weight is 711 g/mol. The van der Waals surface area contributed by atoms with Gasteiger partial charge in [0.25, 0.3) is 0 Å². The van der Waals surface area contributed by atoms with Crippen LogP contribution >= 0.6 is 11.6 Å². The van der Waals surface area contributed by atoms with E-state index in [1.165, 1.54) is 13.2 Å². The summed E-state index contributed by atoms with van der Waals surface area (Å²) in [6.07, 6.45) is 2.58. The fourth-order valence-electron chi connectivity index (χ4n) is 5.98. The molecular formula is C38H51ClN4O7. The van der Waals surface area contributed by atoms with Crippen LogP contribution in [0.4, 0.5) is 0 Å². The van der Waals surface area contributed by atoms with E-state index < -0.39 is 53.3 Å². The van der Waals surface area contributed by atoms with Crippen LogP contribution in [0.3, 0.4) is 0 Å². The van der Waals surface area contributed by atoms with Gasteiger partial charge < -0.3 is 35.9 Å². The molecule has 0 aliphatic carbocycles. The van der Waals surface area contributed by atoms with E-state index in [0.29, 0.717) is 29.3 Å². The van der Waals surface area contributed by atoms with Gasteiger partial charge in [0.2, 0.25) is 17.7 Å². The molecule has 3 amide bonds. The zero-order valence-corrected chi connectivity index (χ0v) is 30.7. The Morgan fingerprint density at radius 3 is 2.28 bits per heavy atom. The van der Waals surface area contributed by atoms with Gasteiger partial charge in [0.05, 0.1) is 23.7 Å². The number of esters is 1. The van der Waals surface area contributed by atoms with Crippen LogP contribution in [0.2, 0.25) is 5.02 Å². The molecule has 1 saturated heterocycles. The second-order valence-electron chi connectivity index (χ2n) is 14.3. The van der Waals surface area contributed by atoms with Gasteiger partial charge in [-0.1, -0.05) is 68.8 Å². The number of methoxy groups -OCH3 is 1. The predicted molar refractivity (Wildman–Crippen MR) is 191 cm³/mol. The zero-order chi connectivity index (χ0) is 36.7. The Morgan fingerprint density at radius 2 is 1.66 bits per heavy atom. The number of hydrogen-bond acceptors (Lipinski definition) is 8. The molecule has 0 saturated carbocycles. The minimum Gasteiger partial charge on any atom is -0.495 e. The van der Waals surface area contributed by atoms with E-state index in [4.69, 9.17) is 31.5 Å². The lowest BCUT2D eigenvalue weighted by atomic mass is 9.83. The fraction of sp³-hybridized carbons (Fsp3) is 0.526. The highest BCUT2D eigenvalue weighted by Gasteiger charge is 2.48. The molecule has 1 unspecified atom stereocenters. The summed E-state index contributed by atoms with van der Waals surface area (Å²) in [5.74, 6) is -1.66. The highest BCUT2D eigenvalue weighted by Crippen LogP contribution is 2.45. The quantitative estimate of drug-likeness (QED) is 0.218. The van der Waals surface area contributed by atoms with Crippen LogP contribution in [-0.4, -0.2) is 61.1 Å². The minimum absolute atomic E-state index is 0.0676. The van der Waals surface area contributed by atoms with E-state index in [1.54, 1.807) is 45.0 Å². The van der Waals surface area contributed by atoms with Crippen LogP contribution in [0.25, 0.3) is 0 Å². The number of nitrogens with two attached hydrogens (primary N) is 1. The Balaban J connectivity index is 1.63. The molecule has 2 heterocycles. The lowest BCUT2D eigenvalue weighted by molar-refractivity contribution is -0.157. The SMILES string of the molecule is COc1ccc(C[C@H]2NC(=O)/C=C/C[C@@H]([C@H](C)[C@H]3O[C@@H]3c3ccc(CN)cc3)OC(=O)[C@H](CC(C)C)NC(=O)C(C)(C)C(C)NC2=O)cc1Cl. The second kappa shape index (κ2) is 16.9. The van der Waals surface area contributed by atoms with E-state index >= 15 is 0 Å². The lowest BCUT2D eigenvalue weighted by Crippen LogP contribution is -2.58. The summed E-state index contributed by atoms with van der Waals surface area (Å²) < 4.78 is 17.5. The highest BCUT2D eigenvalue weighted by atomic mass is 35.5. The van der Waals surface area contributed by atoms with Crippen LogP contribution < -0.4 is 26.4 Å². The molecule has 12 heteroatoms. The third kappa shape index (κ3) is 9.86. The number of halogens is 1. The van der Waals surface area contributed by atoms with Crippen molar-refractivity contribution in [3.63, 3.8) is 0 Å². The normalized spacial score (nSPS) is 27.4. The number of benzene rings is 2. The summed E-state index contributed by atoms with van der Waals surface area (Å²) in [4.78, 5) is 54.5. The molecule has 0 spiro atoms. The predicted octanol–water partition coefficient (Wildman–Crippen LogP) is 4.54. The first-order chi connectivity index (χ1) is 23.6. The Bertz CT molecular complexity index is 1560. The summed E-state index contributed by atoms with van der Waals surface area (Å²) >= 11 is 6.35. The van der Waals surface area contributed by atoms with Gasteiger partial charge in [-0.25, -0.2) is 4.79 Å². The first-order valence-corrected chi connectivity index (χ1v) is 17.6. The maximum absolute atomic E-state index is 13.8. The van der Waals surface area contributed by atoms with Crippen LogP contribution in [0, 0.1) is 17.3 Å². The van der Waals surface area contributed by atoms with Crippen molar-refractivity contribution < 1.29 is 33.4 Å². The van der Waals surface area contributed by atoms with Crippen molar-refractivity contribution in [1.82, 2.24) is 16.0 Å². The monoisotopic (exact) mass is 710 g/mol. The Hall–Kier alpha value is -3.93. The second-order valence-corrected chi connectivity index (χ2v) is 14.7. The number of carbonyl (C=O) groups is 4. The first kappa shape index (κ1) is 38.9. The van der Waals surface area contributed by atoms with Gasteiger partial charge in [-0.3, -0.25) is 14.4 Å². The first-order valence-electron chi connectivity index (χ1n) is 17.2. The lowest BCUT2D eigenvalue weighted by Gasteiger charge is -2.34. The third-order valence-electron chi connectivity index (χ3n) is 9.69. The molecule has 4 rings (SSSR count). The molecule has 272 valence electrons. The summed E-state index contributed by atoms with van der Waals surface area (Å²) in [6, 6.07) is 10.5. The van der Waals surface area contributed by atoms with Gasteiger partial charge in [-0.15, -0.1) is 0 Å². The van der Waals surface area contributed by atoms with E-state index in [2.05, 4.69) is 16.0 Å². The van der Waals surface area contributed by atoms with Crippen LogP contribution in [0.1, 0.15) is 77.2 Å². The summed E-state index contributed by atoms with van der Waals surface area (Å²) in [5, 5.41) is 9.01. The number of epoxide rings is 1. The number of hydrogen-bond donors (Lipinski definition) is 4. The van der Waals surface area contributed by atoms with Crippen molar-refractivity contribution in [2.45, 2.75) is 104 Å². The standard InChI is InChI=1S/C38H51ClN4O7/c1-21(2)17-29-36(46)49-30(22(3)33-34(50-33)26-14-11-24(20-40)12-15-26)9-8-10-32(44)42-28(19-25-13-16-31(48-7)27(39)18-25)35(45)41-23(4)38(5,6)37(47)43-29/h8,10-16,18,21-23,28-30,33-34H,9,17,19-20,40H2,1-7H3,(H,41,45)(H,42,44)(H,43,47)/b10-8+/t22-,23?,28+,29-,30-,33+,34+/m0/s1. The Labute approximate surface area is 300 Å². The van der Waals surface area contributed by atoms with Crippen LogP contribution in [0.15, 0.2) is 54.6 Å². The number of carbonyl (C=O) groups excluding carboxylic acids is 4. The zero-order valence-electron chi connectivity index (χ0n) is 30.0.